The molecule has 1 aromatic carbocycles. The fourth-order valence-corrected chi connectivity index (χ4v) is 6.85. The van der Waals surface area contributed by atoms with Gasteiger partial charge in [-0.15, -0.1) is 0 Å². The molecule has 0 saturated heterocycles. The number of sulfonamides is 1. The first-order valence-corrected chi connectivity index (χ1v) is 11.6. The SMILES string of the molecule is C[C@@H]1C[C@H](NS(=O)(=O)c2cc3c4c(c2)CCC(=O)N4CCC3)CC(C)(C)C1. The zero-order valence-corrected chi connectivity index (χ0v) is 17.4. The molecular formula is C21H30N2O3S. The van der Waals surface area contributed by atoms with E-state index in [-0.39, 0.29) is 17.4 Å². The van der Waals surface area contributed by atoms with Gasteiger partial charge in [-0.05, 0) is 73.1 Å². The Labute approximate surface area is 162 Å². The van der Waals surface area contributed by atoms with Crippen molar-refractivity contribution in [1.82, 2.24) is 4.72 Å². The van der Waals surface area contributed by atoms with E-state index in [1.807, 2.05) is 4.90 Å². The normalized spacial score (nSPS) is 27.4. The van der Waals surface area contributed by atoms with Crippen LogP contribution in [-0.2, 0) is 27.7 Å². The fourth-order valence-electron chi connectivity index (χ4n) is 5.50. The first-order valence-electron chi connectivity index (χ1n) is 10.1. The molecule has 0 spiro atoms. The summed E-state index contributed by atoms with van der Waals surface area (Å²) in [6.45, 7) is 7.39. The maximum atomic E-state index is 13.1. The van der Waals surface area contributed by atoms with Crippen LogP contribution in [0.3, 0.4) is 0 Å². The van der Waals surface area contributed by atoms with Crippen molar-refractivity contribution >= 4 is 21.6 Å². The smallest absolute Gasteiger partial charge is 0.240 e. The zero-order valence-electron chi connectivity index (χ0n) is 16.5. The fraction of sp³-hybridized carbons (Fsp3) is 0.667. The monoisotopic (exact) mass is 390 g/mol. The molecule has 0 radical (unpaired) electrons. The summed E-state index contributed by atoms with van der Waals surface area (Å²) in [5.41, 5.74) is 3.14. The molecule has 6 heteroatoms. The number of nitrogens with one attached hydrogen (secondary N) is 1. The number of benzene rings is 1. The molecule has 148 valence electrons. The molecule has 0 bridgehead atoms. The molecule has 1 aliphatic carbocycles. The van der Waals surface area contributed by atoms with E-state index in [9.17, 15) is 13.2 Å². The van der Waals surface area contributed by atoms with Crippen molar-refractivity contribution in [2.45, 2.75) is 76.7 Å². The number of anilines is 1. The van der Waals surface area contributed by atoms with E-state index in [2.05, 4.69) is 25.5 Å². The highest BCUT2D eigenvalue weighted by atomic mass is 32.2. The van der Waals surface area contributed by atoms with Crippen LogP contribution >= 0.6 is 0 Å². The van der Waals surface area contributed by atoms with Crippen LogP contribution in [0, 0.1) is 11.3 Å². The van der Waals surface area contributed by atoms with Crippen LogP contribution in [0.25, 0.3) is 0 Å². The Morgan fingerprint density at radius 3 is 2.52 bits per heavy atom. The van der Waals surface area contributed by atoms with Crippen molar-refractivity contribution in [3.8, 4) is 0 Å². The number of carbonyl (C=O) groups is 1. The summed E-state index contributed by atoms with van der Waals surface area (Å²) in [6.07, 6.45) is 5.73. The lowest BCUT2D eigenvalue weighted by Gasteiger charge is -2.39. The van der Waals surface area contributed by atoms with E-state index >= 15 is 0 Å². The lowest BCUT2D eigenvalue weighted by Crippen LogP contribution is -2.43. The van der Waals surface area contributed by atoms with Crippen LogP contribution in [0.1, 0.15) is 64.0 Å². The highest BCUT2D eigenvalue weighted by molar-refractivity contribution is 7.89. The van der Waals surface area contributed by atoms with E-state index < -0.39 is 10.0 Å². The minimum absolute atomic E-state index is 0.0146. The predicted molar refractivity (Wildman–Crippen MR) is 106 cm³/mol. The minimum Gasteiger partial charge on any atom is -0.312 e. The molecule has 0 aromatic heterocycles. The van der Waals surface area contributed by atoms with Crippen LogP contribution in [0.2, 0.25) is 0 Å². The second kappa shape index (κ2) is 6.59. The Morgan fingerprint density at radius 2 is 1.81 bits per heavy atom. The molecule has 1 fully saturated rings. The third-order valence-corrected chi connectivity index (χ3v) is 7.77. The molecule has 2 atom stereocenters. The van der Waals surface area contributed by atoms with Gasteiger partial charge in [0.1, 0.15) is 0 Å². The second-order valence-electron chi connectivity index (χ2n) is 9.47. The largest absolute Gasteiger partial charge is 0.312 e. The molecule has 1 N–H and O–H groups in total. The third kappa shape index (κ3) is 3.66. The average Bonchev–Trinajstić information content (AvgIpc) is 2.55. The molecule has 2 aliphatic heterocycles. The summed E-state index contributed by atoms with van der Waals surface area (Å²) in [6, 6.07) is 3.58. The summed E-state index contributed by atoms with van der Waals surface area (Å²) in [4.78, 5) is 14.4. The number of carbonyl (C=O) groups excluding carboxylic acids is 1. The number of aryl methyl sites for hydroxylation is 2. The van der Waals surface area contributed by atoms with Gasteiger partial charge in [-0.2, -0.15) is 0 Å². The van der Waals surface area contributed by atoms with Crippen LogP contribution in [0.5, 0.6) is 0 Å². The van der Waals surface area contributed by atoms with Crippen LogP contribution in [0.4, 0.5) is 5.69 Å². The highest BCUT2D eigenvalue weighted by Crippen LogP contribution is 2.40. The molecule has 1 saturated carbocycles. The molecule has 0 unspecified atom stereocenters. The van der Waals surface area contributed by atoms with Crippen molar-refractivity contribution in [3.05, 3.63) is 23.3 Å². The number of rotatable bonds is 3. The van der Waals surface area contributed by atoms with Gasteiger partial charge in [-0.1, -0.05) is 20.8 Å². The van der Waals surface area contributed by atoms with E-state index in [0.29, 0.717) is 23.7 Å². The molecule has 2 heterocycles. The summed E-state index contributed by atoms with van der Waals surface area (Å²) in [5.74, 6) is 0.682. The minimum atomic E-state index is -3.56. The van der Waals surface area contributed by atoms with E-state index in [1.54, 1.807) is 12.1 Å². The first kappa shape index (κ1) is 18.9. The Balaban J connectivity index is 1.64. The second-order valence-corrected chi connectivity index (χ2v) is 11.2. The molecule has 27 heavy (non-hydrogen) atoms. The van der Waals surface area contributed by atoms with Crippen LogP contribution in [0.15, 0.2) is 17.0 Å². The Kier molecular flexibility index (Phi) is 4.62. The molecule has 1 aromatic rings. The molecule has 3 aliphatic rings. The van der Waals surface area contributed by atoms with Gasteiger partial charge in [0.15, 0.2) is 0 Å². The number of hydrogen-bond acceptors (Lipinski definition) is 3. The van der Waals surface area contributed by atoms with Gasteiger partial charge in [0.25, 0.3) is 0 Å². The topological polar surface area (TPSA) is 66.5 Å². The molecule has 5 nitrogen and oxygen atoms in total. The van der Waals surface area contributed by atoms with E-state index in [4.69, 9.17) is 0 Å². The molecule has 4 rings (SSSR count). The third-order valence-electron chi connectivity index (χ3n) is 6.27. The van der Waals surface area contributed by atoms with Gasteiger partial charge in [-0.25, -0.2) is 13.1 Å². The maximum Gasteiger partial charge on any atom is 0.240 e. The Bertz CT molecular complexity index is 858. The zero-order chi connectivity index (χ0) is 19.4. The van der Waals surface area contributed by atoms with Crippen molar-refractivity contribution in [2.24, 2.45) is 11.3 Å². The van der Waals surface area contributed by atoms with Gasteiger partial charge in [0.2, 0.25) is 15.9 Å². The quantitative estimate of drug-likeness (QED) is 0.860. The van der Waals surface area contributed by atoms with Crippen molar-refractivity contribution in [1.29, 1.82) is 0 Å². The first-order chi connectivity index (χ1) is 12.6. The average molecular weight is 391 g/mol. The number of amides is 1. The van der Waals surface area contributed by atoms with Gasteiger partial charge in [0.05, 0.1) is 10.6 Å². The predicted octanol–water partition coefficient (Wildman–Crippen LogP) is 3.41. The van der Waals surface area contributed by atoms with Gasteiger partial charge in [-0.3, -0.25) is 4.79 Å². The van der Waals surface area contributed by atoms with Crippen molar-refractivity contribution in [2.75, 3.05) is 11.4 Å². The van der Waals surface area contributed by atoms with E-state index in [0.717, 1.165) is 55.5 Å². The molecule has 1 amide bonds. The van der Waals surface area contributed by atoms with E-state index in [1.165, 1.54) is 0 Å². The summed E-state index contributed by atoms with van der Waals surface area (Å²) in [7, 11) is -3.56. The maximum absolute atomic E-state index is 13.1. The van der Waals surface area contributed by atoms with Gasteiger partial charge >= 0.3 is 0 Å². The van der Waals surface area contributed by atoms with Crippen LogP contribution < -0.4 is 9.62 Å². The summed E-state index contributed by atoms with van der Waals surface area (Å²) >= 11 is 0. The summed E-state index contributed by atoms with van der Waals surface area (Å²) < 4.78 is 29.3. The van der Waals surface area contributed by atoms with Gasteiger partial charge < -0.3 is 4.90 Å². The molecular weight excluding hydrogens is 360 g/mol. The number of nitrogens with zero attached hydrogens (tertiary/aromatic N) is 1. The van der Waals surface area contributed by atoms with Crippen molar-refractivity contribution in [3.63, 3.8) is 0 Å². The van der Waals surface area contributed by atoms with Crippen LogP contribution in [-0.4, -0.2) is 26.9 Å². The lowest BCUT2D eigenvalue weighted by molar-refractivity contribution is -0.119. The Hall–Kier alpha value is -1.40. The van der Waals surface area contributed by atoms with Crippen molar-refractivity contribution < 1.29 is 13.2 Å². The van der Waals surface area contributed by atoms with Gasteiger partial charge in [0, 0.05) is 19.0 Å². The Morgan fingerprint density at radius 1 is 1.11 bits per heavy atom. The summed E-state index contributed by atoms with van der Waals surface area (Å²) in [5, 5.41) is 0. The number of hydrogen-bond donors (Lipinski definition) is 1. The lowest BCUT2D eigenvalue weighted by atomic mass is 9.71. The highest BCUT2D eigenvalue weighted by Gasteiger charge is 2.35. The standard InChI is InChI=1S/C21H30N2O3S/c1-14-9-17(13-21(2,3)12-14)22-27(25,26)18-10-15-5-4-8-23-19(24)7-6-16(11-18)20(15)23/h10-11,14,17,22H,4-9,12-13H2,1-3H3/t14-,17+/m1/s1.